The SMILES string of the molecule is Cc1cc(C(=O)Nc2cc(C(C)C)[nH]n2)ccc1Br. The van der Waals surface area contributed by atoms with E-state index in [1.54, 1.807) is 6.07 Å². The fourth-order valence-electron chi connectivity index (χ4n) is 1.67. The third kappa shape index (κ3) is 3.23. The number of nitrogens with zero attached hydrogens (tertiary/aromatic N) is 1. The molecule has 1 heterocycles. The number of hydrogen-bond acceptors (Lipinski definition) is 2. The minimum atomic E-state index is -0.155. The van der Waals surface area contributed by atoms with E-state index < -0.39 is 0 Å². The van der Waals surface area contributed by atoms with E-state index in [0.717, 1.165) is 15.7 Å². The number of anilines is 1. The van der Waals surface area contributed by atoms with Crippen molar-refractivity contribution in [2.75, 3.05) is 5.32 Å². The van der Waals surface area contributed by atoms with Crippen LogP contribution >= 0.6 is 15.9 Å². The van der Waals surface area contributed by atoms with Crippen LogP contribution in [-0.2, 0) is 0 Å². The molecular weight excluding hydrogens is 306 g/mol. The Kier molecular flexibility index (Phi) is 4.04. The summed E-state index contributed by atoms with van der Waals surface area (Å²) in [6.07, 6.45) is 0. The summed E-state index contributed by atoms with van der Waals surface area (Å²) in [6, 6.07) is 7.35. The summed E-state index contributed by atoms with van der Waals surface area (Å²) < 4.78 is 0.992. The molecular formula is C14H16BrN3O. The van der Waals surface area contributed by atoms with E-state index in [1.807, 2.05) is 25.1 Å². The van der Waals surface area contributed by atoms with Gasteiger partial charge in [-0.15, -0.1) is 0 Å². The zero-order valence-corrected chi connectivity index (χ0v) is 12.7. The molecule has 1 aromatic heterocycles. The van der Waals surface area contributed by atoms with Crippen molar-refractivity contribution < 1.29 is 4.79 Å². The van der Waals surface area contributed by atoms with Crippen LogP contribution in [0.25, 0.3) is 0 Å². The summed E-state index contributed by atoms with van der Waals surface area (Å²) in [7, 11) is 0. The average molecular weight is 322 g/mol. The zero-order chi connectivity index (χ0) is 14.0. The highest BCUT2D eigenvalue weighted by atomic mass is 79.9. The minimum absolute atomic E-state index is 0.155. The second-order valence-corrected chi connectivity index (χ2v) is 5.64. The topological polar surface area (TPSA) is 57.8 Å². The molecule has 0 saturated carbocycles. The van der Waals surface area contributed by atoms with Crippen LogP contribution in [0.1, 0.15) is 41.4 Å². The maximum Gasteiger partial charge on any atom is 0.256 e. The molecule has 0 bridgehead atoms. The van der Waals surface area contributed by atoms with Crippen LogP contribution in [0.5, 0.6) is 0 Å². The maximum absolute atomic E-state index is 12.1. The quantitative estimate of drug-likeness (QED) is 0.901. The second-order valence-electron chi connectivity index (χ2n) is 4.78. The Hall–Kier alpha value is -1.62. The number of rotatable bonds is 3. The smallest absolute Gasteiger partial charge is 0.256 e. The number of carbonyl (C=O) groups excluding carboxylic acids is 1. The summed E-state index contributed by atoms with van der Waals surface area (Å²) in [5, 5.41) is 9.77. The molecule has 2 rings (SSSR count). The summed E-state index contributed by atoms with van der Waals surface area (Å²) in [5.41, 5.74) is 2.65. The Morgan fingerprint density at radius 3 is 2.68 bits per heavy atom. The predicted octanol–water partition coefficient (Wildman–Crippen LogP) is 3.86. The third-order valence-electron chi connectivity index (χ3n) is 2.88. The average Bonchev–Trinajstić information content (AvgIpc) is 2.81. The molecule has 0 aliphatic heterocycles. The van der Waals surface area contributed by atoms with E-state index in [0.29, 0.717) is 17.3 Å². The molecule has 2 aromatic rings. The van der Waals surface area contributed by atoms with E-state index in [2.05, 4.69) is 45.3 Å². The summed E-state index contributed by atoms with van der Waals surface area (Å²) in [6.45, 7) is 6.08. The molecule has 100 valence electrons. The molecule has 0 spiro atoms. The van der Waals surface area contributed by atoms with Crippen molar-refractivity contribution in [2.24, 2.45) is 0 Å². The summed E-state index contributed by atoms with van der Waals surface area (Å²) in [4.78, 5) is 12.1. The van der Waals surface area contributed by atoms with Gasteiger partial charge in [0.2, 0.25) is 0 Å². The van der Waals surface area contributed by atoms with E-state index >= 15 is 0 Å². The van der Waals surface area contributed by atoms with Crippen molar-refractivity contribution in [1.29, 1.82) is 0 Å². The number of aromatic amines is 1. The molecule has 0 radical (unpaired) electrons. The lowest BCUT2D eigenvalue weighted by Crippen LogP contribution is -2.12. The van der Waals surface area contributed by atoms with Crippen molar-refractivity contribution in [1.82, 2.24) is 10.2 Å². The molecule has 0 fully saturated rings. The van der Waals surface area contributed by atoms with Gasteiger partial charge in [-0.2, -0.15) is 5.10 Å². The number of aryl methyl sites for hydroxylation is 1. The van der Waals surface area contributed by atoms with E-state index in [9.17, 15) is 4.79 Å². The zero-order valence-electron chi connectivity index (χ0n) is 11.1. The first-order valence-electron chi connectivity index (χ1n) is 6.10. The van der Waals surface area contributed by atoms with Crippen molar-refractivity contribution in [3.05, 3.63) is 45.6 Å². The van der Waals surface area contributed by atoms with Crippen molar-refractivity contribution in [3.63, 3.8) is 0 Å². The van der Waals surface area contributed by atoms with Gasteiger partial charge in [0, 0.05) is 21.8 Å². The summed E-state index contributed by atoms with van der Waals surface area (Å²) in [5.74, 6) is 0.750. The van der Waals surface area contributed by atoms with Crippen molar-refractivity contribution >= 4 is 27.7 Å². The lowest BCUT2D eigenvalue weighted by atomic mass is 10.1. The van der Waals surface area contributed by atoms with E-state index in [4.69, 9.17) is 0 Å². The first-order valence-corrected chi connectivity index (χ1v) is 6.89. The van der Waals surface area contributed by atoms with Crippen molar-refractivity contribution in [3.8, 4) is 0 Å². The van der Waals surface area contributed by atoms with Crippen LogP contribution < -0.4 is 5.32 Å². The van der Waals surface area contributed by atoms with Crippen LogP contribution in [0.4, 0.5) is 5.82 Å². The molecule has 4 nitrogen and oxygen atoms in total. The van der Waals surface area contributed by atoms with Gasteiger partial charge in [0.15, 0.2) is 5.82 Å². The number of benzene rings is 1. The van der Waals surface area contributed by atoms with Crippen LogP contribution in [0.2, 0.25) is 0 Å². The van der Waals surface area contributed by atoms with E-state index in [1.165, 1.54) is 0 Å². The molecule has 1 aromatic carbocycles. The number of hydrogen-bond donors (Lipinski definition) is 2. The largest absolute Gasteiger partial charge is 0.305 e. The normalized spacial score (nSPS) is 10.8. The number of H-pyrrole nitrogens is 1. The van der Waals surface area contributed by atoms with Gasteiger partial charge in [0.1, 0.15) is 0 Å². The second kappa shape index (κ2) is 5.57. The van der Waals surface area contributed by atoms with E-state index in [-0.39, 0.29) is 5.91 Å². The molecule has 5 heteroatoms. The Morgan fingerprint density at radius 1 is 1.37 bits per heavy atom. The fraction of sp³-hybridized carbons (Fsp3) is 0.286. The van der Waals surface area contributed by atoms with Gasteiger partial charge >= 0.3 is 0 Å². The van der Waals surface area contributed by atoms with Gasteiger partial charge in [-0.3, -0.25) is 9.89 Å². The molecule has 1 amide bonds. The highest BCUT2D eigenvalue weighted by Gasteiger charge is 2.10. The molecule has 0 atom stereocenters. The van der Waals surface area contributed by atoms with Gasteiger partial charge in [-0.05, 0) is 36.6 Å². The Labute approximate surface area is 120 Å². The Bertz CT molecular complexity index is 604. The molecule has 0 unspecified atom stereocenters. The third-order valence-corrected chi connectivity index (χ3v) is 3.77. The number of nitrogens with one attached hydrogen (secondary N) is 2. The monoisotopic (exact) mass is 321 g/mol. The molecule has 19 heavy (non-hydrogen) atoms. The minimum Gasteiger partial charge on any atom is -0.305 e. The number of aromatic nitrogens is 2. The Morgan fingerprint density at radius 2 is 2.11 bits per heavy atom. The highest BCUT2D eigenvalue weighted by Crippen LogP contribution is 2.19. The highest BCUT2D eigenvalue weighted by molar-refractivity contribution is 9.10. The van der Waals surface area contributed by atoms with Gasteiger partial charge in [-0.25, -0.2) is 0 Å². The molecule has 0 aliphatic carbocycles. The molecule has 0 saturated heterocycles. The first-order chi connectivity index (χ1) is 8.97. The molecule has 0 aliphatic rings. The van der Waals surface area contributed by atoms with Crippen molar-refractivity contribution in [2.45, 2.75) is 26.7 Å². The van der Waals surface area contributed by atoms with Crippen LogP contribution in [0.15, 0.2) is 28.7 Å². The predicted molar refractivity (Wildman–Crippen MR) is 79.5 cm³/mol. The van der Waals surface area contributed by atoms with Gasteiger partial charge < -0.3 is 5.32 Å². The van der Waals surface area contributed by atoms with Gasteiger partial charge in [0.05, 0.1) is 0 Å². The van der Waals surface area contributed by atoms with Gasteiger partial charge in [0.25, 0.3) is 5.91 Å². The lowest BCUT2D eigenvalue weighted by molar-refractivity contribution is 0.102. The number of halogens is 1. The summed E-state index contributed by atoms with van der Waals surface area (Å²) >= 11 is 3.42. The number of amides is 1. The Balaban J connectivity index is 2.13. The first kappa shape index (κ1) is 13.8. The fourth-order valence-corrected chi connectivity index (χ4v) is 1.92. The van der Waals surface area contributed by atoms with Crippen LogP contribution in [0, 0.1) is 6.92 Å². The maximum atomic E-state index is 12.1. The number of carbonyl (C=O) groups is 1. The lowest BCUT2D eigenvalue weighted by Gasteiger charge is -2.04. The standard InChI is InChI=1S/C14H16BrN3O/c1-8(2)12-7-13(18-17-12)16-14(19)10-4-5-11(15)9(3)6-10/h4-8H,1-3H3,(H2,16,17,18,19). The van der Waals surface area contributed by atoms with Crippen LogP contribution in [0.3, 0.4) is 0 Å². The van der Waals surface area contributed by atoms with Gasteiger partial charge in [-0.1, -0.05) is 29.8 Å². The van der Waals surface area contributed by atoms with Crippen LogP contribution in [-0.4, -0.2) is 16.1 Å². The molecule has 2 N–H and O–H groups in total.